The molecule has 0 aliphatic carbocycles. The Bertz CT molecular complexity index is 355. The van der Waals surface area contributed by atoms with Crippen molar-refractivity contribution >= 4 is 18.0 Å². The van der Waals surface area contributed by atoms with Crippen LogP contribution >= 0.6 is 11.9 Å². The first-order chi connectivity index (χ1) is 7.67. The molecule has 0 spiro atoms. The van der Waals surface area contributed by atoms with Crippen LogP contribution in [0.4, 0.5) is 4.79 Å². The zero-order valence-corrected chi connectivity index (χ0v) is 10.7. The third kappa shape index (κ3) is 3.77. The van der Waals surface area contributed by atoms with Crippen molar-refractivity contribution in [1.29, 1.82) is 0 Å². The molecule has 0 N–H and O–H groups in total. The highest BCUT2D eigenvalue weighted by molar-refractivity contribution is 7.97. The Kier molecular flexibility index (Phi) is 5.19. The number of nitrogens with zero attached hydrogens (tertiary/aromatic N) is 1. The summed E-state index contributed by atoms with van der Waals surface area (Å²) < 4.78 is 6.57. The van der Waals surface area contributed by atoms with Gasteiger partial charge >= 0.3 is 6.09 Å². The SMILES string of the molecule is CCOC(=O)N(CC)Sc1cccc(C)c1. The average molecular weight is 239 g/mol. The maximum atomic E-state index is 11.5. The van der Waals surface area contributed by atoms with Crippen LogP contribution in [0.3, 0.4) is 0 Å². The third-order valence-corrected chi connectivity index (χ3v) is 3.06. The van der Waals surface area contributed by atoms with Gasteiger partial charge in [-0.25, -0.2) is 9.10 Å². The van der Waals surface area contributed by atoms with E-state index in [9.17, 15) is 4.79 Å². The van der Waals surface area contributed by atoms with Crippen molar-refractivity contribution in [3.8, 4) is 0 Å². The average Bonchev–Trinajstić information content (AvgIpc) is 2.26. The van der Waals surface area contributed by atoms with E-state index in [0.29, 0.717) is 13.2 Å². The molecule has 1 aromatic carbocycles. The first-order valence-electron chi connectivity index (χ1n) is 5.36. The lowest BCUT2D eigenvalue weighted by molar-refractivity contribution is 0.135. The fourth-order valence-electron chi connectivity index (χ4n) is 1.23. The van der Waals surface area contributed by atoms with Gasteiger partial charge in [0, 0.05) is 11.4 Å². The largest absolute Gasteiger partial charge is 0.449 e. The van der Waals surface area contributed by atoms with Crippen LogP contribution in [-0.2, 0) is 4.74 Å². The Labute approximate surface area is 101 Å². The molecule has 0 aliphatic rings. The lowest BCUT2D eigenvalue weighted by atomic mass is 10.2. The van der Waals surface area contributed by atoms with Crippen molar-refractivity contribution in [2.24, 2.45) is 0 Å². The summed E-state index contributed by atoms with van der Waals surface area (Å²) >= 11 is 1.41. The molecule has 1 amide bonds. The molecule has 1 aromatic rings. The van der Waals surface area contributed by atoms with Gasteiger partial charge in [-0.15, -0.1) is 0 Å². The minimum Gasteiger partial charge on any atom is -0.449 e. The molecule has 3 nitrogen and oxygen atoms in total. The summed E-state index contributed by atoms with van der Waals surface area (Å²) in [6.07, 6.45) is -0.281. The van der Waals surface area contributed by atoms with Crippen LogP contribution in [0, 0.1) is 6.92 Å². The van der Waals surface area contributed by atoms with E-state index in [4.69, 9.17) is 4.74 Å². The number of ether oxygens (including phenoxy) is 1. The lowest BCUT2D eigenvalue weighted by Crippen LogP contribution is -2.24. The van der Waals surface area contributed by atoms with E-state index in [1.807, 2.05) is 45.0 Å². The summed E-state index contributed by atoms with van der Waals surface area (Å²) in [5, 5.41) is 0. The molecule has 0 bridgehead atoms. The van der Waals surface area contributed by atoms with Crippen molar-refractivity contribution in [3.05, 3.63) is 29.8 Å². The smallest absolute Gasteiger partial charge is 0.420 e. The van der Waals surface area contributed by atoms with Crippen LogP contribution in [0.2, 0.25) is 0 Å². The van der Waals surface area contributed by atoms with E-state index < -0.39 is 0 Å². The molecule has 4 heteroatoms. The second-order valence-electron chi connectivity index (χ2n) is 3.30. The van der Waals surface area contributed by atoms with Crippen LogP contribution in [0.1, 0.15) is 19.4 Å². The molecule has 1 rings (SSSR count). The first-order valence-corrected chi connectivity index (χ1v) is 6.13. The quantitative estimate of drug-likeness (QED) is 0.753. The standard InChI is InChI=1S/C12H17NO2S/c1-4-13(12(14)15-5-2)16-11-8-6-7-10(3)9-11/h6-9H,4-5H2,1-3H3. The van der Waals surface area contributed by atoms with Crippen molar-refractivity contribution < 1.29 is 9.53 Å². The normalized spacial score (nSPS) is 9.94. The Morgan fingerprint density at radius 2 is 2.19 bits per heavy atom. The molecule has 0 unspecified atom stereocenters. The molecule has 0 saturated carbocycles. The third-order valence-electron chi connectivity index (χ3n) is 1.96. The number of carbonyl (C=O) groups is 1. The van der Waals surface area contributed by atoms with Gasteiger partial charge in [0.05, 0.1) is 6.61 Å². The van der Waals surface area contributed by atoms with Crippen LogP contribution in [0.15, 0.2) is 29.2 Å². The lowest BCUT2D eigenvalue weighted by Gasteiger charge is -2.18. The number of amides is 1. The van der Waals surface area contributed by atoms with Gasteiger partial charge in [0.15, 0.2) is 0 Å². The highest BCUT2D eigenvalue weighted by Gasteiger charge is 2.13. The molecule has 0 fully saturated rings. The van der Waals surface area contributed by atoms with Gasteiger partial charge in [-0.2, -0.15) is 0 Å². The fraction of sp³-hybridized carbons (Fsp3) is 0.417. The van der Waals surface area contributed by atoms with Crippen LogP contribution in [0.25, 0.3) is 0 Å². The molecule has 0 aromatic heterocycles. The molecule has 88 valence electrons. The molecule has 16 heavy (non-hydrogen) atoms. The summed E-state index contributed by atoms with van der Waals surface area (Å²) in [6.45, 7) is 6.80. The summed E-state index contributed by atoms with van der Waals surface area (Å²) in [5.41, 5.74) is 1.19. The maximum absolute atomic E-state index is 11.5. The zero-order valence-electron chi connectivity index (χ0n) is 9.90. The van der Waals surface area contributed by atoms with Crippen molar-refractivity contribution in [2.45, 2.75) is 25.7 Å². The Balaban J connectivity index is 2.66. The molecule has 0 aliphatic heterocycles. The van der Waals surface area contributed by atoms with Crippen molar-refractivity contribution in [1.82, 2.24) is 4.31 Å². The van der Waals surface area contributed by atoms with E-state index in [0.717, 1.165) is 4.90 Å². The fourth-order valence-corrected chi connectivity index (χ4v) is 2.11. The van der Waals surface area contributed by atoms with Crippen LogP contribution < -0.4 is 0 Å². The first kappa shape index (κ1) is 12.9. The highest BCUT2D eigenvalue weighted by Crippen LogP contribution is 2.23. The van der Waals surface area contributed by atoms with E-state index in [-0.39, 0.29) is 6.09 Å². The summed E-state index contributed by atoms with van der Waals surface area (Å²) in [6, 6.07) is 8.05. The number of hydrogen-bond donors (Lipinski definition) is 0. The second-order valence-corrected chi connectivity index (χ2v) is 4.40. The van der Waals surface area contributed by atoms with Crippen LogP contribution in [0.5, 0.6) is 0 Å². The van der Waals surface area contributed by atoms with Gasteiger partial charge < -0.3 is 4.74 Å². The number of benzene rings is 1. The summed E-state index contributed by atoms with van der Waals surface area (Å²) in [4.78, 5) is 12.6. The van der Waals surface area contributed by atoms with Crippen molar-refractivity contribution in [2.75, 3.05) is 13.2 Å². The molecular formula is C12H17NO2S. The van der Waals surface area contributed by atoms with Crippen LogP contribution in [-0.4, -0.2) is 23.6 Å². The summed E-state index contributed by atoms with van der Waals surface area (Å²) in [7, 11) is 0. The van der Waals surface area contributed by atoms with Gasteiger partial charge in [0.2, 0.25) is 0 Å². The Hall–Kier alpha value is -1.16. The number of carbonyl (C=O) groups excluding carboxylic acids is 1. The molecule has 0 radical (unpaired) electrons. The summed E-state index contributed by atoms with van der Waals surface area (Å²) in [5.74, 6) is 0. The maximum Gasteiger partial charge on any atom is 0.420 e. The number of hydrogen-bond acceptors (Lipinski definition) is 3. The van der Waals surface area contributed by atoms with Gasteiger partial charge in [0.25, 0.3) is 0 Å². The zero-order chi connectivity index (χ0) is 12.0. The highest BCUT2D eigenvalue weighted by atomic mass is 32.2. The van der Waals surface area contributed by atoms with Crippen molar-refractivity contribution in [3.63, 3.8) is 0 Å². The molecule has 0 heterocycles. The molecule has 0 atom stereocenters. The Morgan fingerprint density at radius 3 is 2.75 bits per heavy atom. The van der Waals surface area contributed by atoms with E-state index >= 15 is 0 Å². The number of aryl methyl sites for hydroxylation is 1. The van der Waals surface area contributed by atoms with Gasteiger partial charge in [-0.05, 0) is 50.4 Å². The van der Waals surface area contributed by atoms with E-state index in [2.05, 4.69) is 0 Å². The second kappa shape index (κ2) is 6.43. The van der Waals surface area contributed by atoms with Gasteiger partial charge in [0.1, 0.15) is 0 Å². The van der Waals surface area contributed by atoms with Gasteiger partial charge in [-0.3, -0.25) is 0 Å². The molecule has 0 saturated heterocycles. The number of rotatable bonds is 4. The topological polar surface area (TPSA) is 29.5 Å². The van der Waals surface area contributed by atoms with E-state index in [1.165, 1.54) is 17.5 Å². The predicted octanol–water partition coefficient (Wildman–Crippen LogP) is 3.48. The van der Waals surface area contributed by atoms with E-state index in [1.54, 1.807) is 4.31 Å². The monoisotopic (exact) mass is 239 g/mol. The Morgan fingerprint density at radius 1 is 1.44 bits per heavy atom. The minimum absolute atomic E-state index is 0.281. The minimum atomic E-state index is -0.281. The predicted molar refractivity (Wildman–Crippen MR) is 66.4 cm³/mol. The van der Waals surface area contributed by atoms with Gasteiger partial charge in [-0.1, -0.05) is 12.1 Å². The molecular weight excluding hydrogens is 222 g/mol.